The third kappa shape index (κ3) is 77.2. The summed E-state index contributed by atoms with van der Waals surface area (Å²) in [5, 5.41) is 10.7. The van der Waals surface area contributed by atoms with Crippen molar-refractivity contribution in [3.8, 4) is 0 Å². The van der Waals surface area contributed by atoms with Crippen LogP contribution in [0.1, 0.15) is 447 Å². The summed E-state index contributed by atoms with van der Waals surface area (Å²) in [7, 11) is -9.93. The van der Waals surface area contributed by atoms with Crippen LogP contribution in [0.3, 0.4) is 0 Å². The number of carbonyl (C=O) groups is 4. The van der Waals surface area contributed by atoms with E-state index in [4.69, 9.17) is 37.0 Å². The van der Waals surface area contributed by atoms with Crippen LogP contribution in [0.2, 0.25) is 0 Å². The second-order valence-corrected chi connectivity index (χ2v) is 35.3. The predicted molar refractivity (Wildman–Crippen MR) is 432 cm³/mol. The summed E-state index contributed by atoms with van der Waals surface area (Å²) in [6, 6.07) is 0. The Balaban J connectivity index is 5.26. The van der Waals surface area contributed by atoms with Crippen molar-refractivity contribution in [2.45, 2.75) is 465 Å². The highest BCUT2D eigenvalue weighted by molar-refractivity contribution is 7.47. The topological polar surface area (TPSA) is 237 Å². The lowest BCUT2D eigenvalue weighted by Crippen LogP contribution is -2.30. The molecule has 0 fully saturated rings. The Bertz CT molecular complexity index is 2050. The largest absolute Gasteiger partial charge is 0.472 e. The highest BCUT2D eigenvalue weighted by atomic mass is 31.2. The zero-order valence-corrected chi connectivity index (χ0v) is 71.2. The zero-order valence-electron chi connectivity index (χ0n) is 69.4. The molecule has 7 atom stereocenters. The molecular weight excluding hydrogens is 1370 g/mol. The highest BCUT2D eigenvalue weighted by Crippen LogP contribution is 2.45. The van der Waals surface area contributed by atoms with Gasteiger partial charge >= 0.3 is 39.5 Å². The fraction of sp³-hybridized carbons (Fsp3) is 0.953. The van der Waals surface area contributed by atoms with E-state index >= 15 is 0 Å². The van der Waals surface area contributed by atoms with Crippen molar-refractivity contribution in [3.05, 3.63) is 0 Å². The molecule has 0 amide bonds. The molecule has 17 nitrogen and oxygen atoms in total. The minimum Gasteiger partial charge on any atom is -0.462 e. The number of unbranched alkanes of at least 4 members (excludes halogenated alkanes) is 47. The summed E-state index contributed by atoms with van der Waals surface area (Å²) in [6.07, 6.45) is 63.7. The molecule has 0 spiro atoms. The van der Waals surface area contributed by atoms with Gasteiger partial charge in [0.1, 0.15) is 19.3 Å². The summed E-state index contributed by atoms with van der Waals surface area (Å²) >= 11 is 0. The van der Waals surface area contributed by atoms with Crippen molar-refractivity contribution < 1.29 is 80.2 Å². The molecule has 0 bridgehead atoms. The molecule has 0 heterocycles. The number of hydrogen-bond donors (Lipinski definition) is 3. The fourth-order valence-electron chi connectivity index (χ4n) is 13.3. The quantitative estimate of drug-likeness (QED) is 0.0222. The molecule has 0 aliphatic rings. The van der Waals surface area contributed by atoms with Crippen molar-refractivity contribution in [2.75, 3.05) is 39.6 Å². The standard InChI is InChI=1S/C86H168O17P2/c1-9-78(7)64-56-48-40-32-26-20-17-18-21-27-33-42-50-58-66-83(88)96-72-81(102-85(90)68-60-52-44-34-28-22-16-14-12-11-13-15-19-24-30-38-46-54-62-76(3)4)74-100-104(92,93)98-70-80(87)71-99-105(94,95)101-75-82(73-97-84(89)67-59-51-43-37-36-41-49-57-65-79(8)10-2)103-86(91)69-61-53-45-35-29-23-25-31-39-47-55-63-77(5)6/h76-82,87H,9-75H2,1-8H3,(H,92,93)(H,94,95)/t78?,79?,80-,81-,82-/m1/s1. The number of hydrogen-bond acceptors (Lipinski definition) is 15. The average Bonchev–Trinajstić information content (AvgIpc) is 0.910. The predicted octanol–water partition coefficient (Wildman–Crippen LogP) is 25.9. The zero-order chi connectivity index (χ0) is 77.4. The van der Waals surface area contributed by atoms with E-state index in [9.17, 15) is 43.2 Å². The van der Waals surface area contributed by atoms with Crippen molar-refractivity contribution in [2.24, 2.45) is 23.7 Å². The Hall–Kier alpha value is -1.94. The van der Waals surface area contributed by atoms with Crippen molar-refractivity contribution in [1.29, 1.82) is 0 Å². The first-order valence-electron chi connectivity index (χ1n) is 44.3. The molecule has 0 aromatic heterocycles. The molecule has 19 heteroatoms. The second kappa shape index (κ2) is 74.8. The summed E-state index contributed by atoms with van der Waals surface area (Å²) in [4.78, 5) is 73.2. The number of phosphoric ester groups is 2. The maximum Gasteiger partial charge on any atom is 0.472 e. The number of esters is 4. The van der Waals surface area contributed by atoms with Crippen molar-refractivity contribution in [3.63, 3.8) is 0 Å². The van der Waals surface area contributed by atoms with Gasteiger partial charge in [-0.2, -0.15) is 0 Å². The first-order valence-corrected chi connectivity index (χ1v) is 47.3. The Kier molecular flexibility index (Phi) is 73.4. The van der Waals surface area contributed by atoms with Crippen LogP contribution in [-0.4, -0.2) is 96.7 Å². The SMILES string of the molecule is CCC(C)CCCCCCCCCCCCCCCCC(=O)OC[C@H](COP(=O)(O)OC[C@@H](O)COP(=O)(O)OC[C@@H](COC(=O)CCCCCCCCCCC(C)CC)OC(=O)CCCCCCCCCCCCCC(C)C)OC(=O)CCCCCCCCCCCCCCCCCCCCC(C)C. The molecule has 0 saturated carbocycles. The second-order valence-electron chi connectivity index (χ2n) is 32.4. The summed E-state index contributed by atoms with van der Waals surface area (Å²) in [5.41, 5.74) is 0. The van der Waals surface area contributed by atoms with Crippen LogP contribution in [-0.2, 0) is 65.4 Å². The van der Waals surface area contributed by atoms with Crippen LogP contribution in [0.4, 0.5) is 0 Å². The Morgan fingerprint density at radius 3 is 0.676 bits per heavy atom. The van der Waals surface area contributed by atoms with Gasteiger partial charge in [-0.1, -0.05) is 396 Å². The maximum absolute atomic E-state index is 13.2. The summed E-state index contributed by atoms with van der Waals surface area (Å²) in [6.45, 7) is 14.4. The van der Waals surface area contributed by atoms with E-state index < -0.39 is 97.5 Å². The van der Waals surface area contributed by atoms with Gasteiger partial charge in [0.2, 0.25) is 0 Å². The van der Waals surface area contributed by atoms with Gasteiger partial charge in [0, 0.05) is 25.7 Å². The Morgan fingerprint density at radius 1 is 0.267 bits per heavy atom. The van der Waals surface area contributed by atoms with E-state index in [0.717, 1.165) is 114 Å². The van der Waals surface area contributed by atoms with E-state index in [1.54, 1.807) is 0 Å². The highest BCUT2D eigenvalue weighted by Gasteiger charge is 2.31. The van der Waals surface area contributed by atoms with E-state index in [2.05, 4.69) is 55.4 Å². The molecule has 0 aromatic rings. The lowest BCUT2D eigenvalue weighted by Gasteiger charge is -2.21. The minimum atomic E-state index is -4.97. The monoisotopic (exact) mass is 1540 g/mol. The molecule has 3 N–H and O–H groups in total. The van der Waals surface area contributed by atoms with Gasteiger partial charge in [0.15, 0.2) is 12.2 Å². The van der Waals surface area contributed by atoms with Gasteiger partial charge in [-0.15, -0.1) is 0 Å². The van der Waals surface area contributed by atoms with E-state index in [0.29, 0.717) is 25.7 Å². The van der Waals surface area contributed by atoms with Gasteiger partial charge < -0.3 is 33.8 Å². The van der Waals surface area contributed by atoms with Gasteiger partial charge in [0.05, 0.1) is 26.4 Å². The van der Waals surface area contributed by atoms with Crippen molar-refractivity contribution in [1.82, 2.24) is 0 Å². The fourth-order valence-corrected chi connectivity index (χ4v) is 14.8. The maximum atomic E-state index is 13.2. The molecule has 4 unspecified atom stereocenters. The number of phosphoric acid groups is 2. The van der Waals surface area contributed by atoms with Crippen molar-refractivity contribution >= 4 is 39.5 Å². The number of aliphatic hydroxyl groups is 1. The molecular formula is C86H168O17P2. The van der Waals surface area contributed by atoms with Crippen LogP contribution in [0.15, 0.2) is 0 Å². The Morgan fingerprint density at radius 2 is 0.457 bits per heavy atom. The number of aliphatic hydroxyl groups excluding tert-OH is 1. The minimum absolute atomic E-state index is 0.106. The number of rotatable bonds is 83. The molecule has 0 aromatic carbocycles. The van der Waals surface area contributed by atoms with E-state index in [1.807, 2.05) is 0 Å². The molecule has 624 valence electrons. The first kappa shape index (κ1) is 103. The molecule has 0 radical (unpaired) electrons. The van der Waals surface area contributed by atoms with E-state index in [-0.39, 0.29) is 25.7 Å². The van der Waals surface area contributed by atoms with Gasteiger partial charge in [0.25, 0.3) is 0 Å². The third-order valence-electron chi connectivity index (χ3n) is 20.8. The van der Waals surface area contributed by atoms with Gasteiger partial charge in [-0.05, 0) is 49.4 Å². The van der Waals surface area contributed by atoms with Gasteiger partial charge in [-0.3, -0.25) is 37.3 Å². The van der Waals surface area contributed by atoms with Crippen LogP contribution >= 0.6 is 15.6 Å². The molecule has 105 heavy (non-hydrogen) atoms. The first-order chi connectivity index (χ1) is 50.7. The molecule has 0 aliphatic carbocycles. The van der Waals surface area contributed by atoms with Crippen LogP contribution < -0.4 is 0 Å². The lowest BCUT2D eigenvalue weighted by molar-refractivity contribution is -0.161. The number of carbonyl (C=O) groups excluding carboxylic acids is 4. The average molecular weight is 1540 g/mol. The van der Waals surface area contributed by atoms with E-state index in [1.165, 1.54) is 250 Å². The number of ether oxygens (including phenoxy) is 4. The van der Waals surface area contributed by atoms with Crippen LogP contribution in [0.5, 0.6) is 0 Å². The molecule has 0 rings (SSSR count). The van der Waals surface area contributed by atoms with Crippen LogP contribution in [0.25, 0.3) is 0 Å². The van der Waals surface area contributed by atoms with Gasteiger partial charge in [-0.25, -0.2) is 9.13 Å². The summed E-state index contributed by atoms with van der Waals surface area (Å²) < 4.78 is 68.9. The van der Waals surface area contributed by atoms with Crippen LogP contribution in [0, 0.1) is 23.7 Å². The molecule has 0 aliphatic heterocycles. The smallest absolute Gasteiger partial charge is 0.462 e. The molecule has 0 saturated heterocycles. The lowest BCUT2D eigenvalue weighted by atomic mass is 9.99. The normalized spacial score (nSPS) is 14.4. The summed E-state index contributed by atoms with van der Waals surface area (Å²) in [5.74, 6) is 1.11. The third-order valence-corrected chi connectivity index (χ3v) is 22.7. The Labute approximate surface area is 645 Å².